The lowest BCUT2D eigenvalue weighted by molar-refractivity contribution is 0.762. The molecule has 1 atom stereocenters. The van der Waals surface area contributed by atoms with Crippen LogP contribution < -0.4 is 5.73 Å². The molecule has 3 heteroatoms. The van der Waals surface area contributed by atoms with Crippen molar-refractivity contribution >= 4 is 6.08 Å². The summed E-state index contributed by atoms with van der Waals surface area (Å²) < 4.78 is 1.86. The van der Waals surface area contributed by atoms with Gasteiger partial charge in [0, 0.05) is 18.7 Å². The number of hydrogen-bond acceptors (Lipinski definition) is 2. The van der Waals surface area contributed by atoms with Gasteiger partial charge in [-0.15, -0.1) is 0 Å². The predicted molar refractivity (Wildman–Crippen MR) is 71.3 cm³/mol. The van der Waals surface area contributed by atoms with Crippen LogP contribution in [0.4, 0.5) is 0 Å². The zero-order valence-electron chi connectivity index (χ0n) is 10.2. The van der Waals surface area contributed by atoms with Crippen molar-refractivity contribution in [3.63, 3.8) is 0 Å². The molecule has 0 amide bonds. The molecule has 0 saturated carbocycles. The van der Waals surface area contributed by atoms with Gasteiger partial charge in [-0.25, -0.2) is 0 Å². The van der Waals surface area contributed by atoms with Crippen molar-refractivity contribution in [1.29, 1.82) is 0 Å². The highest BCUT2D eigenvalue weighted by atomic mass is 15.3. The third-order valence-electron chi connectivity index (χ3n) is 2.56. The highest BCUT2D eigenvalue weighted by molar-refractivity contribution is 5.62. The van der Waals surface area contributed by atoms with Gasteiger partial charge in [-0.3, -0.25) is 4.68 Å². The quantitative estimate of drug-likeness (QED) is 0.875. The van der Waals surface area contributed by atoms with E-state index in [1.165, 1.54) is 0 Å². The van der Waals surface area contributed by atoms with Crippen molar-refractivity contribution in [1.82, 2.24) is 9.78 Å². The molecule has 17 heavy (non-hydrogen) atoms. The monoisotopic (exact) mass is 227 g/mol. The molecule has 0 saturated heterocycles. The molecule has 0 aliphatic heterocycles. The number of aromatic nitrogens is 2. The fraction of sp³-hybridized carbons (Fsp3) is 0.214. The van der Waals surface area contributed by atoms with Gasteiger partial charge in [-0.2, -0.15) is 5.10 Å². The average molecular weight is 227 g/mol. The van der Waals surface area contributed by atoms with E-state index in [-0.39, 0.29) is 6.04 Å². The van der Waals surface area contributed by atoms with E-state index in [0.717, 1.165) is 17.0 Å². The minimum atomic E-state index is 0.0603. The molecule has 0 aliphatic carbocycles. The molecule has 0 spiro atoms. The summed E-state index contributed by atoms with van der Waals surface area (Å²) in [5.41, 5.74) is 8.86. The van der Waals surface area contributed by atoms with Crippen molar-refractivity contribution < 1.29 is 0 Å². The third kappa shape index (κ3) is 2.82. The fourth-order valence-corrected chi connectivity index (χ4v) is 1.64. The van der Waals surface area contributed by atoms with Crippen molar-refractivity contribution in [3.8, 4) is 11.3 Å². The van der Waals surface area contributed by atoms with Gasteiger partial charge in [-0.1, -0.05) is 36.4 Å². The fourth-order valence-electron chi connectivity index (χ4n) is 1.64. The summed E-state index contributed by atoms with van der Waals surface area (Å²) in [7, 11) is 1.94. The minimum absolute atomic E-state index is 0.0603. The normalized spacial score (nSPS) is 13.1. The summed E-state index contributed by atoms with van der Waals surface area (Å²) in [5.74, 6) is 0. The molecule has 88 valence electrons. The molecule has 1 aromatic heterocycles. The van der Waals surface area contributed by atoms with Gasteiger partial charge in [0.1, 0.15) is 0 Å². The molecule has 2 N–H and O–H groups in total. The number of nitrogens with zero attached hydrogens (tertiary/aromatic N) is 2. The van der Waals surface area contributed by atoms with Crippen LogP contribution in [0.3, 0.4) is 0 Å². The largest absolute Gasteiger partial charge is 0.325 e. The van der Waals surface area contributed by atoms with E-state index < -0.39 is 0 Å². The lowest BCUT2D eigenvalue weighted by Gasteiger charge is -1.95. The molecular formula is C14H17N3. The second-order valence-electron chi connectivity index (χ2n) is 4.16. The van der Waals surface area contributed by atoms with Crippen LogP contribution in [0.5, 0.6) is 0 Å². The first-order chi connectivity index (χ1) is 8.16. The third-order valence-corrected chi connectivity index (χ3v) is 2.56. The Morgan fingerprint density at radius 2 is 2.00 bits per heavy atom. The molecule has 2 aromatic rings. The Balaban J connectivity index is 2.31. The van der Waals surface area contributed by atoms with Crippen LogP contribution in [0.25, 0.3) is 17.3 Å². The Morgan fingerprint density at radius 1 is 1.29 bits per heavy atom. The van der Waals surface area contributed by atoms with E-state index in [9.17, 15) is 0 Å². The van der Waals surface area contributed by atoms with E-state index in [4.69, 9.17) is 5.73 Å². The number of aryl methyl sites for hydroxylation is 1. The second kappa shape index (κ2) is 4.97. The summed E-state index contributed by atoms with van der Waals surface area (Å²) in [5, 5.41) is 4.48. The first kappa shape index (κ1) is 11.6. The van der Waals surface area contributed by atoms with Gasteiger partial charge in [0.05, 0.1) is 11.4 Å². The molecule has 1 heterocycles. The van der Waals surface area contributed by atoms with Crippen LogP contribution in [0.15, 0.2) is 42.5 Å². The smallest absolute Gasteiger partial charge is 0.0929 e. The lowest BCUT2D eigenvalue weighted by Crippen LogP contribution is -2.10. The maximum atomic E-state index is 5.69. The summed E-state index contributed by atoms with van der Waals surface area (Å²) >= 11 is 0. The van der Waals surface area contributed by atoms with Gasteiger partial charge in [0.15, 0.2) is 0 Å². The molecule has 1 aromatic carbocycles. The summed E-state index contributed by atoms with van der Waals surface area (Å²) in [4.78, 5) is 0. The Morgan fingerprint density at radius 3 is 2.65 bits per heavy atom. The van der Waals surface area contributed by atoms with Gasteiger partial charge in [-0.05, 0) is 19.1 Å². The van der Waals surface area contributed by atoms with E-state index in [1.807, 2.05) is 49.0 Å². The molecular weight excluding hydrogens is 210 g/mol. The molecule has 3 nitrogen and oxygen atoms in total. The van der Waals surface area contributed by atoms with Gasteiger partial charge >= 0.3 is 0 Å². The standard InChI is InChI=1S/C14H17N3/c1-11(15)8-9-13-10-14(16-17(13)2)12-6-4-3-5-7-12/h3-11H,15H2,1-2H3/b9-8+. The number of benzene rings is 1. The molecule has 0 bridgehead atoms. The van der Waals surface area contributed by atoms with Crippen LogP contribution in [0, 0.1) is 0 Å². The van der Waals surface area contributed by atoms with Crippen molar-refractivity contribution in [3.05, 3.63) is 48.2 Å². The maximum Gasteiger partial charge on any atom is 0.0929 e. The highest BCUT2D eigenvalue weighted by Crippen LogP contribution is 2.18. The predicted octanol–water partition coefficient (Wildman–Crippen LogP) is 2.45. The number of nitrogens with two attached hydrogens (primary N) is 1. The number of rotatable bonds is 3. The van der Waals surface area contributed by atoms with Crippen molar-refractivity contribution in [2.24, 2.45) is 12.8 Å². The van der Waals surface area contributed by atoms with Gasteiger partial charge < -0.3 is 5.73 Å². The SMILES string of the molecule is CC(N)/C=C/c1cc(-c2ccccc2)nn1C. The van der Waals surface area contributed by atoms with Crippen molar-refractivity contribution in [2.75, 3.05) is 0 Å². The van der Waals surface area contributed by atoms with Crippen LogP contribution >= 0.6 is 0 Å². The summed E-state index contributed by atoms with van der Waals surface area (Å²) in [6.07, 6.45) is 3.97. The van der Waals surface area contributed by atoms with Crippen LogP contribution in [0.2, 0.25) is 0 Å². The first-order valence-electron chi connectivity index (χ1n) is 5.70. The van der Waals surface area contributed by atoms with Crippen LogP contribution in [0.1, 0.15) is 12.6 Å². The van der Waals surface area contributed by atoms with Gasteiger partial charge in [0.2, 0.25) is 0 Å². The first-order valence-corrected chi connectivity index (χ1v) is 5.70. The Bertz CT molecular complexity index is 510. The number of hydrogen-bond donors (Lipinski definition) is 1. The molecule has 2 rings (SSSR count). The summed E-state index contributed by atoms with van der Waals surface area (Å²) in [6, 6.07) is 12.3. The zero-order chi connectivity index (χ0) is 12.3. The van der Waals surface area contributed by atoms with E-state index in [2.05, 4.69) is 23.3 Å². The average Bonchev–Trinajstić information content (AvgIpc) is 2.69. The van der Waals surface area contributed by atoms with Crippen LogP contribution in [-0.4, -0.2) is 15.8 Å². The van der Waals surface area contributed by atoms with E-state index in [1.54, 1.807) is 0 Å². The van der Waals surface area contributed by atoms with E-state index >= 15 is 0 Å². The minimum Gasteiger partial charge on any atom is -0.325 e. The molecule has 0 fully saturated rings. The highest BCUT2D eigenvalue weighted by Gasteiger charge is 2.04. The Hall–Kier alpha value is -1.87. The van der Waals surface area contributed by atoms with Crippen molar-refractivity contribution in [2.45, 2.75) is 13.0 Å². The molecule has 1 unspecified atom stereocenters. The molecule has 0 aliphatic rings. The van der Waals surface area contributed by atoms with Gasteiger partial charge in [0.25, 0.3) is 0 Å². The second-order valence-corrected chi connectivity index (χ2v) is 4.16. The lowest BCUT2D eigenvalue weighted by atomic mass is 10.1. The van der Waals surface area contributed by atoms with E-state index in [0.29, 0.717) is 0 Å². The van der Waals surface area contributed by atoms with Crippen LogP contribution in [-0.2, 0) is 7.05 Å². The maximum absolute atomic E-state index is 5.69. The topological polar surface area (TPSA) is 43.8 Å². The molecule has 0 radical (unpaired) electrons. The zero-order valence-corrected chi connectivity index (χ0v) is 10.2. The summed E-state index contributed by atoms with van der Waals surface area (Å²) in [6.45, 7) is 1.95. The Labute approximate surface area is 102 Å². The Kier molecular flexibility index (Phi) is 3.40.